The summed E-state index contributed by atoms with van der Waals surface area (Å²) in [6, 6.07) is 5.47. The predicted molar refractivity (Wildman–Crippen MR) is 87.8 cm³/mol. The van der Waals surface area contributed by atoms with Crippen LogP contribution in [0.1, 0.15) is 17.1 Å². The van der Waals surface area contributed by atoms with Crippen molar-refractivity contribution >= 4 is 10.8 Å². The van der Waals surface area contributed by atoms with Crippen LogP contribution < -0.4 is 9.47 Å². The maximum absolute atomic E-state index is 10.8. The van der Waals surface area contributed by atoms with E-state index in [1.807, 2.05) is 32.9 Å². The van der Waals surface area contributed by atoms with E-state index < -0.39 is 0 Å². The average molecular weight is 313 g/mol. The normalized spacial score (nSPS) is 11.0. The number of rotatable bonds is 3. The first kappa shape index (κ1) is 15.1. The van der Waals surface area contributed by atoms with E-state index >= 15 is 0 Å². The van der Waals surface area contributed by atoms with Gasteiger partial charge in [0.1, 0.15) is 11.5 Å². The van der Waals surface area contributed by atoms with Crippen LogP contribution >= 0.6 is 0 Å². The number of aromatic nitrogens is 3. The van der Waals surface area contributed by atoms with E-state index in [1.165, 1.54) is 0 Å². The van der Waals surface area contributed by atoms with Crippen molar-refractivity contribution < 1.29 is 14.6 Å². The topological polar surface area (TPSA) is 69.4 Å². The fraction of sp³-hybridized carbons (Fsp3) is 0.294. The van der Waals surface area contributed by atoms with Crippen LogP contribution in [0, 0.1) is 20.8 Å². The lowest BCUT2D eigenvalue weighted by atomic mass is 10.1. The highest BCUT2D eigenvalue weighted by Crippen LogP contribution is 2.39. The van der Waals surface area contributed by atoms with Gasteiger partial charge in [-0.05, 0) is 32.9 Å². The van der Waals surface area contributed by atoms with Gasteiger partial charge >= 0.3 is 0 Å². The monoisotopic (exact) mass is 313 g/mol. The van der Waals surface area contributed by atoms with Crippen molar-refractivity contribution in [2.45, 2.75) is 20.8 Å². The van der Waals surface area contributed by atoms with Gasteiger partial charge < -0.3 is 14.6 Å². The second kappa shape index (κ2) is 5.46. The highest BCUT2D eigenvalue weighted by Gasteiger charge is 2.21. The molecule has 0 unspecified atom stereocenters. The van der Waals surface area contributed by atoms with E-state index in [2.05, 4.69) is 10.2 Å². The molecule has 0 amide bonds. The predicted octanol–water partition coefficient (Wildman–Crippen LogP) is 3.07. The summed E-state index contributed by atoms with van der Waals surface area (Å²) in [6.45, 7) is 5.67. The molecule has 3 aromatic rings. The lowest BCUT2D eigenvalue weighted by Gasteiger charge is -2.14. The van der Waals surface area contributed by atoms with Crippen LogP contribution in [0.15, 0.2) is 18.2 Å². The third-order valence-electron chi connectivity index (χ3n) is 4.08. The molecule has 0 radical (unpaired) electrons. The Bertz CT molecular complexity index is 855. The summed E-state index contributed by atoms with van der Waals surface area (Å²) in [5.74, 6) is 1.44. The van der Waals surface area contributed by atoms with E-state index in [9.17, 15) is 5.11 Å². The zero-order valence-corrected chi connectivity index (χ0v) is 13.8. The molecule has 0 saturated carbocycles. The van der Waals surface area contributed by atoms with E-state index in [0.29, 0.717) is 22.6 Å². The van der Waals surface area contributed by atoms with Gasteiger partial charge in [0.05, 0.1) is 36.7 Å². The smallest absolute Gasteiger partial charge is 0.206 e. The van der Waals surface area contributed by atoms with Gasteiger partial charge in [-0.2, -0.15) is 10.2 Å². The molecule has 2 aromatic heterocycles. The van der Waals surface area contributed by atoms with Crippen molar-refractivity contribution in [3.05, 3.63) is 35.3 Å². The van der Waals surface area contributed by atoms with Crippen molar-refractivity contribution in [2.24, 2.45) is 0 Å². The van der Waals surface area contributed by atoms with Gasteiger partial charge in [-0.1, -0.05) is 0 Å². The third-order valence-corrected chi connectivity index (χ3v) is 4.08. The zero-order valence-electron chi connectivity index (χ0n) is 13.8. The fourth-order valence-corrected chi connectivity index (χ4v) is 2.97. The van der Waals surface area contributed by atoms with E-state index in [4.69, 9.17) is 9.47 Å². The van der Waals surface area contributed by atoms with Gasteiger partial charge in [0, 0.05) is 17.1 Å². The van der Waals surface area contributed by atoms with Crippen LogP contribution in [0.3, 0.4) is 0 Å². The van der Waals surface area contributed by atoms with Crippen molar-refractivity contribution in [1.29, 1.82) is 0 Å². The Balaban J connectivity index is 2.38. The number of aromatic hydroxyl groups is 1. The summed E-state index contributed by atoms with van der Waals surface area (Å²) in [6.07, 6.45) is 0. The Morgan fingerprint density at radius 3 is 2.17 bits per heavy atom. The highest BCUT2D eigenvalue weighted by molar-refractivity contribution is 5.95. The lowest BCUT2D eigenvalue weighted by molar-refractivity contribution is 0.390. The molecule has 1 aromatic carbocycles. The van der Waals surface area contributed by atoms with Crippen molar-refractivity contribution in [3.8, 4) is 23.1 Å². The zero-order chi connectivity index (χ0) is 16.7. The SMILES string of the molecule is COc1ccc(-n2c(C)c3c(C)nnc(C)c3c2O)c(OC)c1. The summed E-state index contributed by atoms with van der Waals surface area (Å²) < 4.78 is 12.5. The molecule has 1 N–H and O–H groups in total. The summed E-state index contributed by atoms with van der Waals surface area (Å²) in [5.41, 5.74) is 3.09. The number of hydrogen-bond donors (Lipinski definition) is 1. The molecule has 3 rings (SSSR count). The number of benzene rings is 1. The molecule has 0 atom stereocenters. The largest absolute Gasteiger partial charge is 0.497 e. The Morgan fingerprint density at radius 2 is 1.61 bits per heavy atom. The molecule has 0 fully saturated rings. The Labute approximate surface area is 134 Å². The van der Waals surface area contributed by atoms with Gasteiger partial charge in [0.2, 0.25) is 5.88 Å². The third kappa shape index (κ3) is 2.18. The fourth-order valence-electron chi connectivity index (χ4n) is 2.97. The van der Waals surface area contributed by atoms with Gasteiger partial charge in [0.25, 0.3) is 0 Å². The number of methoxy groups -OCH3 is 2. The van der Waals surface area contributed by atoms with Crippen LogP contribution in [0.4, 0.5) is 0 Å². The first-order chi connectivity index (χ1) is 11.0. The minimum absolute atomic E-state index is 0.136. The minimum atomic E-state index is 0.136. The molecule has 0 spiro atoms. The molecule has 0 aliphatic heterocycles. The molecule has 0 aliphatic rings. The second-order valence-corrected chi connectivity index (χ2v) is 5.40. The second-order valence-electron chi connectivity index (χ2n) is 5.40. The molecule has 6 heteroatoms. The molecule has 2 heterocycles. The van der Waals surface area contributed by atoms with Gasteiger partial charge in [-0.25, -0.2) is 0 Å². The summed E-state index contributed by atoms with van der Waals surface area (Å²) in [7, 11) is 3.19. The van der Waals surface area contributed by atoms with Gasteiger partial charge in [-0.15, -0.1) is 0 Å². The first-order valence-corrected chi connectivity index (χ1v) is 7.25. The summed E-state index contributed by atoms with van der Waals surface area (Å²) in [5, 5.41) is 20.7. The molecule has 0 saturated heterocycles. The van der Waals surface area contributed by atoms with Crippen molar-refractivity contribution in [1.82, 2.24) is 14.8 Å². The minimum Gasteiger partial charge on any atom is -0.497 e. The Morgan fingerprint density at radius 1 is 0.957 bits per heavy atom. The highest BCUT2D eigenvalue weighted by atomic mass is 16.5. The quantitative estimate of drug-likeness (QED) is 0.805. The lowest BCUT2D eigenvalue weighted by Crippen LogP contribution is -2.00. The maximum Gasteiger partial charge on any atom is 0.206 e. The number of hydrogen-bond acceptors (Lipinski definition) is 5. The van der Waals surface area contributed by atoms with Gasteiger partial charge in [0.15, 0.2) is 0 Å². The number of ether oxygens (including phenoxy) is 2. The molecular weight excluding hydrogens is 294 g/mol. The molecular formula is C17H19N3O3. The van der Waals surface area contributed by atoms with E-state index in [-0.39, 0.29) is 5.88 Å². The molecule has 120 valence electrons. The Kier molecular flexibility index (Phi) is 3.60. The summed E-state index contributed by atoms with van der Waals surface area (Å²) in [4.78, 5) is 0. The molecule has 0 aliphatic carbocycles. The van der Waals surface area contributed by atoms with E-state index in [1.54, 1.807) is 24.9 Å². The standard InChI is InChI=1S/C17H19N3O3/c1-9-15-11(3)20(17(21)16(15)10(2)19-18-9)13-7-6-12(22-4)8-14(13)23-5/h6-8,21H,1-5H3. The van der Waals surface area contributed by atoms with Crippen LogP contribution in [0.5, 0.6) is 17.4 Å². The van der Waals surface area contributed by atoms with E-state index in [0.717, 1.165) is 22.5 Å². The number of aryl methyl sites for hydroxylation is 3. The summed E-state index contributed by atoms with van der Waals surface area (Å²) >= 11 is 0. The maximum atomic E-state index is 10.8. The van der Waals surface area contributed by atoms with Crippen LogP contribution in [0.25, 0.3) is 16.5 Å². The Hall–Kier alpha value is -2.76. The van der Waals surface area contributed by atoms with Crippen molar-refractivity contribution in [3.63, 3.8) is 0 Å². The number of nitrogens with zero attached hydrogens (tertiary/aromatic N) is 3. The van der Waals surface area contributed by atoms with Gasteiger partial charge in [-0.3, -0.25) is 4.57 Å². The van der Waals surface area contributed by atoms with Crippen LogP contribution in [-0.2, 0) is 0 Å². The van der Waals surface area contributed by atoms with Crippen molar-refractivity contribution in [2.75, 3.05) is 14.2 Å². The number of fused-ring (bicyclic) bond motifs is 1. The molecule has 23 heavy (non-hydrogen) atoms. The average Bonchev–Trinajstić information content (AvgIpc) is 2.82. The molecule has 6 nitrogen and oxygen atoms in total. The molecule has 0 bridgehead atoms. The van der Waals surface area contributed by atoms with Crippen LogP contribution in [-0.4, -0.2) is 34.1 Å². The first-order valence-electron chi connectivity index (χ1n) is 7.25. The van der Waals surface area contributed by atoms with Crippen LogP contribution in [0.2, 0.25) is 0 Å².